The first-order valence-electron chi connectivity index (χ1n) is 6.70. The van der Waals surface area contributed by atoms with Gasteiger partial charge in [-0.05, 0) is 42.7 Å². The molecule has 0 fully saturated rings. The molecule has 1 amide bonds. The van der Waals surface area contributed by atoms with Gasteiger partial charge in [0.25, 0.3) is 11.7 Å². The van der Waals surface area contributed by atoms with E-state index < -0.39 is 11.7 Å². The molecule has 4 heteroatoms. The first kappa shape index (κ1) is 14.0. The molecule has 0 radical (unpaired) electrons. The van der Waals surface area contributed by atoms with Crippen LogP contribution >= 0.6 is 15.9 Å². The SMILES string of the molecule is Cc1ccc(C)c2c1C(=O)C(=O)N2Cc1ccc(Br)cc1. The lowest BCUT2D eigenvalue weighted by atomic mass is 10.0. The Bertz CT molecular complexity index is 750. The Morgan fingerprint density at radius 2 is 1.57 bits per heavy atom. The zero-order valence-corrected chi connectivity index (χ0v) is 13.4. The Morgan fingerprint density at radius 3 is 2.24 bits per heavy atom. The summed E-state index contributed by atoms with van der Waals surface area (Å²) in [7, 11) is 0. The van der Waals surface area contributed by atoms with Gasteiger partial charge in [-0.2, -0.15) is 0 Å². The minimum Gasteiger partial charge on any atom is -0.300 e. The summed E-state index contributed by atoms with van der Waals surface area (Å²) in [5, 5.41) is 0. The highest BCUT2D eigenvalue weighted by molar-refractivity contribution is 9.10. The molecule has 21 heavy (non-hydrogen) atoms. The van der Waals surface area contributed by atoms with Gasteiger partial charge in [-0.15, -0.1) is 0 Å². The molecule has 0 saturated heterocycles. The third-order valence-electron chi connectivity index (χ3n) is 3.78. The quantitative estimate of drug-likeness (QED) is 0.778. The fourth-order valence-electron chi connectivity index (χ4n) is 2.68. The lowest BCUT2D eigenvalue weighted by molar-refractivity contribution is -0.114. The van der Waals surface area contributed by atoms with Crippen LogP contribution < -0.4 is 4.90 Å². The van der Waals surface area contributed by atoms with Crippen LogP contribution in [0.4, 0.5) is 5.69 Å². The van der Waals surface area contributed by atoms with E-state index in [-0.39, 0.29) is 0 Å². The number of benzene rings is 2. The maximum Gasteiger partial charge on any atom is 0.299 e. The second kappa shape index (κ2) is 5.11. The molecule has 1 aliphatic heterocycles. The van der Waals surface area contributed by atoms with Crippen molar-refractivity contribution in [3.05, 3.63) is 63.1 Å². The summed E-state index contributed by atoms with van der Waals surface area (Å²) in [6.45, 7) is 4.21. The van der Waals surface area contributed by atoms with Gasteiger partial charge in [0.05, 0.1) is 17.8 Å². The van der Waals surface area contributed by atoms with E-state index in [0.29, 0.717) is 12.1 Å². The summed E-state index contributed by atoms with van der Waals surface area (Å²) >= 11 is 3.39. The third-order valence-corrected chi connectivity index (χ3v) is 4.31. The van der Waals surface area contributed by atoms with Crippen LogP contribution in [0.5, 0.6) is 0 Å². The summed E-state index contributed by atoms with van der Waals surface area (Å²) in [5.74, 6) is -0.839. The van der Waals surface area contributed by atoms with Crippen molar-refractivity contribution in [2.24, 2.45) is 0 Å². The van der Waals surface area contributed by atoms with E-state index >= 15 is 0 Å². The van der Waals surface area contributed by atoms with Gasteiger partial charge in [-0.1, -0.05) is 40.2 Å². The van der Waals surface area contributed by atoms with E-state index in [1.54, 1.807) is 4.90 Å². The number of nitrogens with zero attached hydrogens (tertiary/aromatic N) is 1. The number of Topliss-reactive ketones (excluding diaryl/α,β-unsaturated/α-hetero) is 1. The molecule has 1 aliphatic rings. The largest absolute Gasteiger partial charge is 0.300 e. The minimum atomic E-state index is -0.440. The number of halogens is 1. The van der Waals surface area contributed by atoms with Crippen LogP contribution in [0, 0.1) is 13.8 Å². The maximum atomic E-state index is 12.3. The maximum absolute atomic E-state index is 12.3. The van der Waals surface area contributed by atoms with E-state index in [1.165, 1.54) is 0 Å². The summed E-state index contributed by atoms with van der Waals surface area (Å²) in [5.41, 5.74) is 4.11. The molecular weight excluding hydrogens is 330 g/mol. The van der Waals surface area contributed by atoms with Crippen molar-refractivity contribution >= 4 is 33.3 Å². The molecular formula is C17H14BrNO2. The summed E-state index contributed by atoms with van der Waals surface area (Å²) in [6, 6.07) is 11.6. The highest BCUT2D eigenvalue weighted by atomic mass is 79.9. The van der Waals surface area contributed by atoms with Crippen molar-refractivity contribution in [1.29, 1.82) is 0 Å². The molecule has 2 aromatic carbocycles. The fraction of sp³-hybridized carbons (Fsp3) is 0.176. The number of fused-ring (bicyclic) bond motifs is 1. The molecule has 106 valence electrons. The topological polar surface area (TPSA) is 37.4 Å². The van der Waals surface area contributed by atoms with Crippen molar-refractivity contribution in [2.75, 3.05) is 4.90 Å². The average Bonchev–Trinajstić information content (AvgIpc) is 2.71. The van der Waals surface area contributed by atoms with Crippen LogP contribution in [-0.4, -0.2) is 11.7 Å². The van der Waals surface area contributed by atoms with Crippen LogP contribution in [0.2, 0.25) is 0 Å². The Morgan fingerprint density at radius 1 is 0.952 bits per heavy atom. The fourth-order valence-corrected chi connectivity index (χ4v) is 2.95. The number of anilines is 1. The number of carbonyl (C=O) groups is 2. The second-order valence-corrected chi connectivity index (χ2v) is 6.19. The van der Waals surface area contributed by atoms with Crippen LogP contribution in [0.25, 0.3) is 0 Å². The van der Waals surface area contributed by atoms with Gasteiger partial charge in [0.1, 0.15) is 0 Å². The number of aryl methyl sites for hydroxylation is 2. The van der Waals surface area contributed by atoms with Gasteiger partial charge >= 0.3 is 0 Å². The second-order valence-electron chi connectivity index (χ2n) is 5.27. The monoisotopic (exact) mass is 343 g/mol. The lowest BCUT2D eigenvalue weighted by Crippen LogP contribution is -2.29. The average molecular weight is 344 g/mol. The van der Waals surface area contributed by atoms with Crippen LogP contribution in [0.1, 0.15) is 27.0 Å². The highest BCUT2D eigenvalue weighted by Crippen LogP contribution is 2.35. The molecule has 0 aromatic heterocycles. The Kier molecular flexibility index (Phi) is 3.41. The van der Waals surface area contributed by atoms with Crippen LogP contribution in [-0.2, 0) is 11.3 Å². The zero-order valence-electron chi connectivity index (χ0n) is 11.8. The number of hydrogen-bond donors (Lipinski definition) is 0. The van der Waals surface area contributed by atoms with Gasteiger partial charge < -0.3 is 4.90 Å². The summed E-state index contributed by atoms with van der Waals surface area (Å²) in [6.07, 6.45) is 0. The van der Waals surface area contributed by atoms with Gasteiger partial charge in [0.2, 0.25) is 0 Å². The Balaban J connectivity index is 2.05. The van der Waals surface area contributed by atoms with E-state index in [0.717, 1.165) is 26.9 Å². The van der Waals surface area contributed by atoms with Crippen LogP contribution in [0.3, 0.4) is 0 Å². The summed E-state index contributed by atoms with van der Waals surface area (Å²) in [4.78, 5) is 26.1. The zero-order chi connectivity index (χ0) is 15.1. The predicted molar refractivity (Wildman–Crippen MR) is 85.6 cm³/mol. The first-order valence-corrected chi connectivity index (χ1v) is 7.49. The van der Waals surface area contributed by atoms with E-state index in [9.17, 15) is 9.59 Å². The van der Waals surface area contributed by atoms with Gasteiger partial charge in [-0.25, -0.2) is 0 Å². The van der Waals surface area contributed by atoms with E-state index in [4.69, 9.17) is 0 Å². The van der Waals surface area contributed by atoms with Crippen LogP contribution in [0.15, 0.2) is 40.9 Å². The molecule has 0 saturated carbocycles. The molecule has 0 bridgehead atoms. The van der Waals surface area contributed by atoms with Crippen molar-refractivity contribution in [2.45, 2.75) is 20.4 Å². The number of ketones is 1. The van der Waals surface area contributed by atoms with Gasteiger partial charge in [0, 0.05) is 4.47 Å². The predicted octanol–water partition coefficient (Wildman–Crippen LogP) is 3.80. The Labute approximate surface area is 131 Å². The number of hydrogen-bond acceptors (Lipinski definition) is 2. The van der Waals surface area contributed by atoms with Crippen molar-refractivity contribution in [3.63, 3.8) is 0 Å². The van der Waals surface area contributed by atoms with E-state index in [1.807, 2.05) is 50.2 Å². The number of amides is 1. The molecule has 3 nitrogen and oxygen atoms in total. The smallest absolute Gasteiger partial charge is 0.299 e. The molecule has 0 N–H and O–H groups in total. The molecule has 1 heterocycles. The van der Waals surface area contributed by atoms with Gasteiger partial charge in [0.15, 0.2) is 0 Å². The first-order chi connectivity index (χ1) is 9.99. The number of rotatable bonds is 2. The summed E-state index contributed by atoms with van der Waals surface area (Å²) < 4.78 is 0.988. The van der Waals surface area contributed by atoms with Crippen molar-refractivity contribution < 1.29 is 9.59 Å². The highest BCUT2D eigenvalue weighted by Gasteiger charge is 2.37. The number of carbonyl (C=O) groups excluding carboxylic acids is 2. The molecule has 2 aromatic rings. The molecule has 0 spiro atoms. The normalized spacial score (nSPS) is 13.8. The third kappa shape index (κ3) is 2.29. The molecule has 3 rings (SSSR count). The molecule has 0 unspecified atom stereocenters. The van der Waals surface area contributed by atoms with Crippen molar-refractivity contribution in [1.82, 2.24) is 0 Å². The minimum absolute atomic E-state index is 0.400. The van der Waals surface area contributed by atoms with Crippen molar-refractivity contribution in [3.8, 4) is 0 Å². The Hall–Kier alpha value is -1.94. The lowest BCUT2D eigenvalue weighted by Gasteiger charge is -2.19. The molecule has 0 aliphatic carbocycles. The standard InChI is InChI=1S/C17H14BrNO2/c1-10-3-4-11(2)15-14(10)16(20)17(21)19(15)9-12-5-7-13(18)8-6-12/h3-8H,9H2,1-2H3. The van der Waals surface area contributed by atoms with Gasteiger partial charge in [-0.3, -0.25) is 9.59 Å². The molecule has 0 atom stereocenters. The van der Waals surface area contributed by atoms with E-state index in [2.05, 4.69) is 15.9 Å².